The lowest BCUT2D eigenvalue weighted by atomic mass is 9.66. The third-order valence-electron chi connectivity index (χ3n) is 6.83. The van der Waals surface area contributed by atoms with E-state index in [1.54, 1.807) is 24.3 Å². The smallest absolute Gasteiger partial charge is 0.356 e. The molecule has 5 nitrogen and oxygen atoms in total. The molecular weight excluding hydrogens is 354 g/mol. The molecule has 1 aliphatic carbocycles. The van der Waals surface area contributed by atoms with Crippen LogP contribution in [0.2, 0.25) is 0 Å². The maximum Gasteiger partial charge on any atom is 0.356 e. The Morgan fingerprint density at radius 2 is 1.57 bits per heavy atom. The zero-order chi connectivity index (χ0) is 20.2. The Bertz CT molecular complexity index is 1000. The highest BCUT2D eigenvalue weighted by Gasteiger charge is 2.76. The van der Waals surface area contributed by atoms with Crippen molar-refractivity contribution in [2.75, 3.05) is 0 Å². The summed E-state index contributed by atoms with van der Waals surface area (Å²) in [6.45, 7) is 5.67. The van der Waals surface area contributed by atoms with Gasteiger partial charge in [0.15, 0.2) is 0 Å². The summed E-state index contributed by atoms with van der Waals surface area (Å²) in [4.78, 5) is 25.3. The van der Waals surface area contributed by atoms with Crippen molar-refractivity contribution >= 4 is 11.9 Å². The second-order valence-electron chi connectivity index (χ2n) is 8.28. The van der Waals surface area contributed by atoms with Crippen LogP contribution in [0.15, 0.2) is 48.5 Å². The predicted molar refractivity (Wildman–Crippen MR) is 102 cm³/mol. The van der Waals surface area contributed by atoms with Gasteiger partial charge in [-0.15, -0.1) is 0 Å². The summed E-state index contributed by atoms with van der Waals surface area (Å²) in [6.07, 6.45) is 1.09. The summed E-state index contributed by atoms with van der Waals surface area (Å²) in [6, 6.07) is 16.5. The Kier molecular flexibility index (Phi) is 3.87. The lowest BCUT2D eigenvalue weighted by Gasteiger charge is -2.34. The molecule has 1 heterocycles. The molecule has 4 rings (SSSR count). The molecule has 1 aliphatic heterocycles. The molecular formula is C23H21NO4. The van der Waals surface area contributed by atoms with Gasteiger partial charge in [0, 0.05) is 5.41 Å². The van der Waals surface area contributed by atoms with Gasteiger partial charge in [0.1, 0.15) is 5.75 Å². The summed E-state index contributed by atoms with van der Waals surface area (Å²) >= 11 is 0. The number of nitrogens with zero attached hydrogens (tertiary/aromatic N) is 1. The fourth-order valence-corrected chi connectivity index (χ4v) is 4.34. The fraction of sp³-hybridized carbons (Fsp3) is 0.348. The van der Waals surface area contributed by atoms with E-state index in [0.717, 1.165) is 11.1 Å². The van der Waals surface area contributed by atoms with Gasteiger partial charge in [-0.3, -0.25) is 4.79 Å². The van der Waals surface area contributed by atoms with Crippen LogP contribution in [-0.2, 0) is 14.3 Å². The molecule has 1 saturated heterocycles. The Balaban J connectivity index is 1.54. The van der Waals surface area contributed by atoms with E-state index in [1.807, 2.05) is 45.0 Å². The summed E-state index contributed by atoms with van der Waals surface area (Å²) in [7, 11) is 0. The summed E-state index contributed by atoms with van der Waals surface area (Å²) in [5, 5.41) is 8.89. The second-order valence-corrected chi connectivity index (χ2v) is 8.28. The lowest BCUT2D eigenvalue weighted by molar-refractivity contribution is -0.176. The molecule has 0 radical (unpaired) electrons. The zero-order valence-electron chi connectivity index (χ0n) is 16.1. The topological polar surface area (TPSA) is 76.4 Å². The number of nitriles is 1. The molecule has 2 fully saturated rings. The zero-order valence-corrected chi connectivity index (χ0v) is 16.1. The normalized spacial score (nSPS) is 27.1. The highest BCUT2D eigenvalue weighted by Crippen LogP contribution is 2.65. The van der Waals surface area contributed by atoms with E-state index in [1.165, 1.54) is 0 Å². The number of carbonyl (C=O) groups excluding carboxylic acids is 2. The van der Waals surface area contributed by atoms with E-state index in [0.29, 0.717) is 24.2 Å². The first-order chi connectivity index (χ1) is 13.2. The Labute approximate surface area is 163 Å². The van der Waals surface area contributed by atoms with E-state index in [-0.39, 0.29) is 5.97 Å². The molecule has 0 spiro atoms. The SMILES string of the molecule is CC1(C)[C@@]2(C)CC[C@]1(C(=O)Oc1ccc(-c3ccc(C#N)cc3)cc1)OC2=O. The van der Waals surface area contributed by atoms with Crippen LogP contribution in [0.4, 0.5) is 0 Å². The molecule has 2 atom stereocenters. The molecule has 5 heteroatoms. The molecule has 1 saturated carbocycles. The van der Waals surface area contributed by atoms with Crippen molar-refractivity contribution in [2.24, 2.45) is 10.8 Å². The minimum atomic E-state index is -1.23. The minimum absolute atomic E-state index is 0.322. The Morgan fingerprint density at radius 1 is 1.00 bits per heavy atom. The summed E-state index contributed by atoms with van der Waals surface area (Å²) in [5.74, 6) is -0.431. The number of fused-ring (bicyclic) bond motifs is 2. The average Bonchev–Trinajstić information content (AvgIpc) is 2.99. The number of ether oxygens (including phenoxy) is 2. The van der Waals surface area contributed by atoms with Gasteiger partial charge in [-0.2, -0.15) is 5.26 Å². The van der Waals surface area contributed by atoms with E-state index in [9.17, 15) is 9.59 Å². The number of hydrogen-bond donors (Lipinski definition) is 0. The summed E-state index contributed by atoms with van der Waals surface area (Å²) < 4.78 is 11.2. The molecule has 0 amide bonds. The highest BCUT2D eigenvalue weighted by molar-refractivity contribution is 5.94. The van der Waals surface area contributed by atoms with Crippen molar-refractivity contribution in [3.05, 3.63) is 54.1 Å². The van der Waals surface area contributed by atoms with E-state index >= 15 is 0 Å². The minimum Gasteiger partial charge on any atom is -0.446 e. The standard InChI is InChI=1S/C23H21NO4/c1-21(2)22(3)12-13-23(21,28-19(22)25)20(26)27-18-10-8-17(9-11-18)16-6-4-15(14-24)5-7-16/h4-11H,12-13H2,1-3H3/t22-,23+/m0/s1. The molecule has 0 aromatic heterocycles. The maximum atomic E-state index is 13.0. The van der Waals surface area contributed by atoms with Gasteiger partial charge in [0.25, 0.3) is 0 Å². The van der Waals surface area contributed by atoms with Crippen molar-refractivity contribution in [1.29, 1.82) is 5.26 Å². The van der Waals surface area contributed by atoms with Crippen LogP contribution in [-0.4, -0.2) is 17.5 Å². The summed E-state index contributed by atoms with van der Waals surface area (Å²) in [5.41, 5.74) is -0.00517. The van der Waals surface area contributed by atoms with E-state index in [2.05, 4.69) is 6.07 Å². The van der Waals surface area contributed by atoms with Crippen LogP contribution in [0.25, 0.3) is 11.1 Å². The van der Waals surface area contributed by atoms with E-state index in [4.69, 9.17) is 14.7 Å². The third-order valence-corrected chi connectivity index (χ3v) is 6.83. The van der Waals surface area contributed by atoms with Gasteiger partial charge in [-0.25, -0.2) is 4.79 Å². The molecule has 2 aromatic carbocycles. The van der Waals surface area contributed by atoms with Crippen molar-refractivity contribution in [1.82, 2.24) is 0 Å². The van der Waals surface area contributed by atoms with Crippen molar-refractivity contribution in [3.63, 3.8) is 0 Å². The number of carbonyl (C=O) groups is 2. The van der Waals surface area contributed by atoms with Gasteiger partial charge in [-0.05, 0) is 55.2 Å². The lowest BCUT2D eigenvalue weighted by Crippen LogP contribution is -2.50. The molecule has 2 aliphatic rings. The van der Waals surface area contributed by atoms with Crippen LogP contribution in [0.3, 0.4) is 0 Å². The molecule has 0 N–H and O–H groups in total. The number of benzene rings is 2. The molecule has 2 aromatic rings. The molecule has 2 bridgehead atoms. The largest absolute Gasteiger partial charge is 0.446 e. The monoisotopic (exact) mass is 375 g/mol. The van der Waals surface area contributed by atoms with Crippen LogP contribution in [0.1, 0.15) is 39.2 Å². The first kappa shape index (κ1) is 18.2. The Morgan fingerprint density at radius 3 is 2.04 bits per heavy atom. The number of rotatable bonds is 3. The van der Waals surface area contributed by atoms with Gasteiger partial charge < -0.3 is 9.47 Å². The Hall–Kier alpha value is -3.13. The van der Waals surface area contributed by atoms with Crippen molar-refractivity contribution in [3.8, 4) is 22.9 Å². The fourth-order valence-electron chi connectivity index (χ4n) is 4.34. The first-order valence-corrected chi connectivity index (χ1v) is 9.30. The first-order valence-electron chi connectivity index (χ1n) is 9.30. The van der Waals surface area contributed by atoms with Crippen LogP contribution < -0.4 is 4.74 Å². The number of hydrogen-bond acceptors (Lipinski definition) is 5. The number of esters is 2. The average molecular weight is 375 g/mol. The third kappa shape index (κ3) is 2.31. The highest BCUT2D eigenvalue weighted by atomic mass is 16.6. The quantitative estimate of drug-likeness (QED) is 0.592. The van der Waals surface area contributed by atoms with Crippen molar-refractivity contribution in [2.45, 2.75) is 39.2 Å². The van der Waals surface area contributed by atoms with Crippen LogP contribution >= 0.6 is 0 Å². The van der Waals surface area contributed by atoms with Crippen LogP contribution in [0.5, 0.6) is 5.75 Å². The molecule has 28 heavy (non-hydrogen) atoms. The predicted octanol–water partition coefficient (Wildman–Crippen LogP) is 4.25. The van der Waals surface area contributed by atoms with Crippen LogP contribution in [0, 0.1) is 22.2 Å². The van der Waals surface area contributed by atoms with Gasteiger partial charge >= 0.3 is 11.9 Å². The molecule has 142 valence electrons. The van der Waals surface area contributed by atoms with Gasteiger partial charge in [-0.1, -0.05) is 38.1 Å². The second kappa shape index (κ2) is 5.93. The van der Waals surface area contributed by atoms with E-state index < -0.39 is 22.4 Å². The maximum absolute atomic E-state index is 13.0. The van der Waals surface area contributed by atoms with Gasteiger partial charge in [0.2, 0.25) is 5.60 Å². The van der Waals surface area contributed by atoms with Crippen molar-refractivity contribution < 1.29 is 19.1 Å². The van der Waals surface area contributed by atoms with Gasteiger partial charge in [0.05, 0.1) is 17.0 Å². The molecule has 0 unspecified atom stereocenters.